The molecule has 3 rings (SSSR count). The maximum Gasteiger partial charge on any atom is 0.326 e. The fraction of sp³-hybridized carbons (Fsp3) is 0.348. The Balaban J connectivity index is 1.88. The van der Waals surface area contributed by atoms with Gasteiger partial charge in [-0.2, -0.15) is 0 Å². The van der Waals surface area contributed by atoms with Gasteiger partial charge in [0, 0.05) is 5.56 Å². The van der Waals surface area contributed by atoms with Crippen LogP contribution in [0.4, 0.5) is 0 Å². The summed E-state index contributed by atoms with van der Waals surface area (Å²) >= 11 is 0. The van der Waals surface area contributed by atoms with E-state index < -0.39 is 6.04 Å². The Morgan fingerprint density at radius 3 is 2.42 bits per heavy atom. The van der Waals surface area contributed by atoms with Crippen molar-refractivity contribution in [1.82, 2.24) is 14.9 Å². The van der Waals surface area contributed by atoms with Crippen LogP contribution in [0.2, 0.25) is 0 Å². The summed E-state index contributed by atoms with van der Waals surface area (Å²) < 4.78 is 17.6. The van der Waals surface area contributed by atoms with Crippen molar-refractivity contribution in [3.63, 3.8) is 0 Å². The van der Waals surface area contributed by atoms with Crippen molar-refractivity contribution in [2.24, 2.45) is 0 Å². The van der Waals surface area contributed by atoms with Crippen LogP contribution in [0.15, 0.2) is 42.5 Å². The monoisotopic (exact) mass is 425 g/mol. The van der Waals surface area contributed by atoms with E-state index in [1.807, 2.05) is 31.2 Å². The zero-order valence-electron chi connectivity index (χ0n) is 18.3. The molecule has 0 saturated carbocycles. The number of amides is 1. The van der Waals surface area contributed by atoms with Crippen molar-refractivity contribution in [2.45, 2.75) is 39.5 Å². The molecule has 0 radical (unpaired) electrons. The number of fused-ring (bicyclic) bond motifs is 1. The first kappa shape index (κ1) is 22.1. The lowest BCUT2D eigenvalue weighted by molar-refractivity contribution is -0.148. The molecule has 0 aliphatic rings. The van der Waals surface area contributed by atoms with Crippen LogP contribution in [0, 0.1) is 0 Å². The molecule has 8 heteroatoms. The molecule has 0 aliphatic carbocycles. The highest BCUT2D eigenvalue weighted by Crippen LogP contribution is 2.28. The highest BCUT2D eigenvalue weighted by molar-refractivity contribution is 5.95. The van der Waals surface area contributed by atoms with E-state index in [1.165, 1.54) is 14.2 Å². The topological polar surface area (TPSA) is 91.7 Å². The minimum absolute atomic E-state index is 0.00456. The molecule has 164 valence electrons. The number of benzene rings is 2. The van der Waals surface area contributed by atoms with Crippen molar-refractivity contribution in [3.8, 4) is 11.5 Å². The third-order valence-electron chi connectivity index (χ3n) is 4.72. The van der Waals surface area contributed by atoms with Gasteiger partial charge >= 0.3 is 5.97 Å². The van der Waals surface area contributed by atoms with E-state index in [9.17, 15) is 9.59 Å². The molecule has 1 N–H and O–H groups in total. The average Bonchev–Trinajstić information content (AvgIpc) is 3.11. The van der Waals surface area contributed by atoms with E-state index in [1.54, 1.807) is 36.6 Å². The van der Waals surface area contributed by atoms with Gasteiger partial charge in [0.15, 0.2) is 11.5 Å². The zero-order chi connectivity index (χ0) is 22.5. The summed E-state index contributed by atoms with van der Waals surface area (Å²) in [4.78, 5) is 29.8. The maximum absolute atomic E-state index is 12.9. The van der Waals surface area contributed by atoms with Crippen LogP contribution in [0.3, 0.4) is 0 Å². The van der Waals surface area contributed by atoms with E-state index in [0.29, 0.717) is 22.9 Å². The van der Waals surface area contributed by atoms with Gasteiger partial charge in [-0.25, -0.2) is 4.98 Å². The molecule has 1 heterocycles. The Kier molecular flexibility index (Phi) is 6.79. The number of nitrogens with one attached hydrogen (secondary N) is 1. The number of aromatic nitrogens is 2. The van der Waals surface area contributed by atoms with Crippen LogP contribution < -0.4 is 14.8 Å². The molecule has 0 fully saturated rings. The van der Waals surface area contributed by atoms with Gasteiger partial charge in [0.2, 0.25) is 0 Å². The minimum Gasteiger partial charge on any atom is -0.493 e. The maximum atomic E-state index is 12.9. The predicted octanol–water partition coefficient (Wildman–Crippen LogP) is 3.50. The van der Waals surface area contributed by atoms with Gasteiger partial charge in [-0.3, -0.25) is 9.59 Å². The van der Waals surface area contributed by atoms with Crippen LogP contribution >= 0.6 is 0 Å². The van der Waals surface area contributed by atoms with Gasteiger partial charge in [-0.05, 0) is 51.1 Å². The summed E-state index contributed by atoms with van der Waals surface area (Å²) in [6, 6.07) is 12.0. The Labute approximate surface area is 181 Å². The predicted molar refractivity (Wildman–Crippen MR) is 116 cm³/mol. The number of carbonyl (C=O) groups is 2. The molecule has 31 heavy (non-hydrogen) atoms. The number of carbonyl (C=O) groups excluding carboxylic acids is 2. The van der Waals surface area contributed by atoms with Gasteiger partial charge < -0.3 is 24.1 Å². The molecular formula is C23H27N3O5. The van der Waals surface area contributed by atoms with E-state index >= 15 is 0 Å². The van der Waals surface area contributed by atoms with Crippen LogP contribution in [-0.2, 0) is 16.1 Å². The summed E-state index contributed by atoms with van der Waals surface area (Å²) in [6.45, 7) is 5.43. The van der Waals surface area contributed by atoms with Crippen molar-refractivity contribution in [1.29, 1.82) is 0 Å². The highest BCUT2D eigenvalue weighted by atomic mass is 16.5. The smallest absolute Gasteiger partial charge is 0.326 e. The third-order valence-corrected chi connectivity index (χ3v) is 4.72. The van der Waals surface area contributed by atoms with Crippen molar-refractivity contribution in [3.05, 3.63) is 53.9 Å². The lowest BCUT2D eigenvalue weighted by Gasteiger charge is -2.17. The van der Waals surface area contributed by atoms with Crippen molar-refractivity contribution >= 4 is 22.9 Å². The second-order valence-corrected chi connectivity index (χ2v) is 7.35. The Morgan fingerprint density at radius 2 is 1.74 bits per heavy atom. The van der Waals surface area contributed by atoms with E-state index in [4.69, 9.17) is 14.2 Å². The molecule has 2 aromatic carbocycles. The number of hydrogen-bond acceptors (Lipinski definition) is 6. The van der Waals surface area contributed by atoms with Gasteiger partial charge in [0.25, 0.3) is 5.91 Å². The molecular weight excluding hydrogens is 398 g/mol. The van der Waals surface area contributed by atoms with Crippen molar-refractivity contribution < 1.29 is 23.8 Å². The quantitative estimate of drug-likeness (QED) is 0.556. The molecule has 0 spiro atoms. The number of nitrogens with zero attached hydrogens (tertiary/aromatic N) is 2. The third kappa shape index (κ3) is 4.96. The molecule has 8 nitrogen and oxygen atoms in total. The van der Waals surface area contributed by atoms with Crippen LogP contribution in [0.5, 0.6) is 11.5 Å². The van der Waals surface area contributed by atoms with Crippen LogP contribution in [0.1, 0.15) is 43.0 Å². The summed E-state index contributed by atoms with van der Waals surface area (Å²) in [5, 5.41) is 2.95. The van der Waals surface area contributed by atoms with E-state index in [0.717, 1.165) is 11.0 Å². The lowest BCUT2D eigenvalue weighted by atomic mass is 10.1. The van der Waals surface area contributed by atoms with E-state index in [-0.39, 0.29) is 24.5 Å². The van der Waals surface area contributed by atoms with Crippen molar-refractivity contribution in [2.75, 3.05) is 14.2 Å². The molecule has 0 saturated heterocycles. The van der Waals surface area contributed by atoms with Gasteiger partial charge in [0.05, 0.1) is 37.4 Å². The lowest BCUT2D eigenvalue weighted by Crippen LogP contribution is -2.29. The summed E-state index contributed by atoms with van der Waals surface area (Å²) in [5.41, 5.74) is 1.96. The summed E-state index contributed by atoms with van der Waals surface area (Å²) in [6.07, 6.45) is -0.215. The zero-order valence-corrected chi connectivity index (χ0v) is 18.3. The fourth-order valence-corrected chi connectivity index (χ4v) is 3.34. The number of para-hydroxylation sites is 2. The first-order chi connectivity index (χ1) is 14.8. The minimum atomic E-state index is -0.458. The molecule has 0 aliphatic heterocycles. The summed E-state index contributed by atoms with van der Waals surface area (Å²) in [5.74, 6) is 0.911. The molecule has 3 aromatic rings. The fourth-order valence-electron chi connectivity index (χ4n) is 3.34. The number of ether oxygens (including phenoxy) is 3. The number of imidazole rings is 1. The molecule has 1 amide bonds. The highest BCUT2D eigenvalue weighted by Gasteiger charge is 2.22. The number of methoxy groups -OCH3 is 2. The Morgan fingerprint density at radius 1 is 1.03 bits per heavy atom. The first-order valence-corrected chi connectivity index (χ1v) is 10.0. The van der Waals surface area contributed by atoms with Gasteiger partial charge in [0.1, 0.15) is 12.4 Å². The molecule has 1 aromatic heterocycles. The molecule has 1 atom stereocenters. The van der Waals surface area contributed by atoms with Gasteiger partial charge in [-0.1, -0.05) is 12.1 Å². The molecule has 1 unspecified atom stereocenters. The normalized spacial score (nSPS) is 11.9. The van der Waals surface area contributed by atoms with Crippen LogP contribution in [0.25, 0.3) is 11.0 Å². The second kappa shape index (κ2) is 9.51. The van der Waals surface area contributed by atoms with E-state index in [2.05, 4.69) is 10.3 Å². The largest absolute Gasteiger partial charge is 0.493 e. The number of hydrogen-bond donors (Lipinski definition) is 1. The van der Waals surface area contributed by atoms with Crippen LogP contribution in [-0.4, -0.2) is 41.8 Å². The average molecular weight is 425 g/mol. The Bertz CT molecular complexity index is 1090. The second-order valence-electron chi connectivity index (χ2n) is 7.35. The Hall–Kier alpha value is -3.55. The summed E-state index contributed by atoms with van der Waals surface area (Å²) in [7, 11) is 3.05. The number of rotatable bonds is 8. The molecule has 0 bridgehead atoms. The standard InChI is InChI=1S/C23H27N3O5/c1-14(2)31-21(27)13-26-18-9-7-6-8-17(18)25-22(26)15(3)24-23(28)16-10-11-19(29-4)20(12-16)30-5/h6-12,14-15H,13H2,1-5H3,(H,24,28). The first-order valence-electron chi connectivity index (χ1n) is 10.0. The van der Waals surface area contributed by atoms with Gasteiger partial charge in [-0.15, -0.1) is 0 Å². The SMILES string of the molecule is COc1ccc(C(=O)NC(C)c2nc3ccccc3n2CC(=O)OC(C)C)cc1OC. The number of esters is 1.